The summed E-state index contributed by atoms with van der Waals surface area (Å²) >= 11 is 1.47. The molecule has 1 heterocycles. The number of nitrogens with zero attached hydrogens (tertiary/aromatic N) is 2. The van der Waals surface area contributed by atoms with Crippen LogP contribution in [0.4, 0.5) is 0 Å². The SMILES string of the molecule is N#CCc1nc2c(s1)CCC2C(=O)O. The Kier molecular flexibility index (Phi) is 2.22. The zero-order valence-corrected chi connectivity index (χ0v) is 8.17. The highest BCUT2D eigenvalue weighted by atomic mass is 32.1. The lowest BCUT2D eigenvalue weighted by atomic mass is 10.1. The molecule has 72 valence electrons. The number of rotatable bonds is 2. The van der Waals surface area contributed by atoms with Gasteiger partial charge in [0.15, 0.2) is 0 Å². The minimum Gasteiger partial charge on any atom is -0.481 e. The zero-order valence-electron chi connectivity index (χ0n) is 7.36. The number of thiazole rings is 1. The minimum absolute atomic E-state index is 0.282. The molecule has 0 bridgehead atoms. The number of carboxylic acids is 1. The first-order valence-electron chi connectivity index (χ1n) is 4.30. The first-order chi connectivity index (χ1) is 6.72. The van der Waals surface area contributed by atoms with E-state index < -0.39 is 11.9 Å². The van der Waals surface area contributed by atoms with Gasteiger partial charge in [-0.3, -0.25) is 4.79 Å². The second-order valence-corrected chi connectivity index (χ2v) is 4.35. The van der Waals surface area contributed by atoms with Crippen molar-refractivity contribution < 1.29 is 9.90 Å². The van der Waals surface area contributed by atoms with Gasteiger partial charge >= 0.3 is 5.97 Å². The first-order valence-corrected chi connectivity index (χ1v) is 5.12. The summed E-state index contributed by atoms with van der Waals surface area (Å²) in [5.41, 5.74) is 0.688. The molecule has 0 radical (unpaired) electrons. The summed E-state index contributed by atoms with van der Waals surface area (Å²) in [6, 6.07) is 2.02. The van der Waals surface area contributed by atoms with Crippen molar-refractivity contribution in [3.63, 3.8) is 0 Å². The van der Waals surface area contributed by atoms with E-state index in [9.17, 15) is 4.79 Å². The van der Waals surface area contributed by atoms with Gasteiger partial charge in [-0.15, -0.1) is 11.3 Å². The maximum atomic E-state index is 10.8. The lowest BCUT2D eigenvalue weighted by Gasteiger charge is -2.00. The van der Waals surface area contributed by atoms with Gasteiger partial charge in [0.1, 0.15) is 10.9 Å². The Hall–Kier alpha value is -1.41. The fourth-order valence-electron chi connectivity index (χ4n) is 1.66. The third-order valence-corrected chi connectivity index (χ3v) is 3.42. The number of fused-ring (bicyclic) bond motifs is 1. The van der Waals surface area contributed by atoms with Gasteiger partial charge in [0.25, 0.3) is 0 Å². The van der Waals surface area contributed by atoms with Crippen molar-refractivity contribution in [3.05, 3.63) is 15.6 Å². The molecule has 1 unspecified atom stereocenters. The second-order valence-electron chi connectivity index (χ2n) is 3.18. The summed E-state index contributed by atoms with van der Waals surface area (Å²) < 4.78 is 0. The normalized spacial score (nSPS) is 18.9. The molecule has 2 rings (SSSR count). The summed E-state index contributed by atoms with van der Waals surface area (Å²) in [6.45, 7) is 0. The van der Waals surface area contributed by atoms with E-state index in [1.165, 1.54) is 11.3 Å². The van der Waals surface area contributed by atoms with Crippen LogP contribution in [0.25, 0.3) is 0 Å². The van der Waals surface area contributed by atoms with Gasteiger partial charge in [0, 0.05) is 4.88 Å². The average Bonchev–Trinajstić information content (AvgIpc) is 2.62. The van der Waals surface area contributed by atoms with E-state index in [0.717, 1.165) is 16.3 Å². The van der Waals surface area contributed by atoms with Crippen molar-refractivity contribution in [2.24, 2.45) is 0 Å². The van der Waals surface area contributed by atoms with Crippen molar-refractivity contribution in [2.75, 3.05) is 0 Å². The maximum absolute atomic E-state index is 10.8. The van der Waals surface area contributed by atoms with Crippen LogP contribution in [0.5, 0.6) is 0 Å². The molecule has 0 amide bonds. The Morgan fingerprint density at radius 3 is 3.21 bits per heavy atom. The van der Waals surface area contributed by atoms with Crippen LogP contribution in [-0.2, 0) is 17.6 Å². The summed E-state index contributed by atoms with van der Waals surface area (Å²) in [6.07, 6.45) is 1.72. The minimum atomic E-state index is -0.808. The topological polar surface area (TPSA) is 74.0 Å². The Balaban J connectivity index is 2.31. The van der Waals surface area contributed by atoms with Crippen LogP contribution in [-0.4, -0.2) is 16.1 Å². The predicted molar refractivity (Wildman–Crippen MR) is 50.1 cm³/mol. The molecule has 1 aliphatic carbocycles. The largest absolute Gasteiger partial charge is 0.481 e. The van der Waals surface area contributed by atoms with Gasteiger partial charge < -0.3 is 5.11 Å². The molecule has 0 saturated carbocycles. The zero-order chi connectivity index (χ0) is 10.1. The fraction of sp³-hybridized carbons (Fsp3) is 0.444. The monoisotopic (exact) mass is 208 g/mol. The van der Waals surface area contributed by atoms with E-state index >= 15 is 0 Å². The van der Waals surface area contributed by atoms with E-state index in [1.54, 1.807) is 0 Å². The van der Waals surface area contributed by atoms with Crippen LogP contribution in [0, 0.1) is 11.3 Å². The molecule has 0 aliphatic heterocycles. The summed E-state index contributed by atoms with van der Waals surface area (Å²) in [7, 11) is 0. The van der Waals surface area contributed by atoms with Crippen LogP contribution in [0.3, 0.4) is 0 Å². The summed E-state index contributed by atoms with van der Waals surface area (Å²) in [4.78, 5) is 16.1. The molecule has 0 fully saturated rings. The van der Waals surface area contributed by atoms with Crippen molar-refractivity contribution in [1.82, 2.24) is 4.98 Å². The number of aliphatic carboxylic acids is 1. The molecule has 5 heteroatoms. The van der Waals surface area contributed by atoms with Crippen molar-refractivity contribution in [3.8, 4) is 6.07 Å². The highest BCUT2D eigenvalue weighted by Gasteiger charge is 2.32. The van der Waals surface area contributed by atoms with E-state index in [2.05, 4.69) is 4.98 Å². The molecule has 0 saturated heterocycles. The molecule has 1 aromatic heterocycles. The number of aromatic nitrogens is 1. The number of carboxylic acid groups (broad SMARTS) is 1. The second kappa shape index (κ2) is 3.39. The molecule has 1 atom stereocenters. The van der Waals surface area contributed by atoms with E-state index in [4.69, 9.17) is 10.4 Å². The molecule has 14 heavy (non-hydrogen) atoms. The van der Waals surface area contributed by atoms with Crippen molar-refractivity contribution >= 4 is 17.3 Å². The van der Waals surface area contributed by atoms with Crippen LogP contribution in [0.1, 0.15) is 27.9 Å². The Bertz CT molecular complexity index is 419. The van der Waals surface area contributed by atoms with Gasteiger partial charge in [0.2, 0.25) is 0 Å². The van der Waals surface area contributed by atoms with E-state index in [1.807, 2.05) is 6.07 Å². The highest BCUT2D eigenvalue weighted by Crippen LogP contribution is 2.36. The van der Waals surface area contributed by atoms with Gasteiger partial charge in [0.05, 0.1) is 18.2 Å². The lowest BCUT2D eigenvalue weighted by molar-refractivity contribution is -0.138. The predicted octanol–water partition coefficient (Wildman–Crippen LogP) is 1.32. The lowest BCUT2D eigenvalue weighted by Crippen LogP contribution is -2.08. The Labute approximate surface area is 84.8 Å². The molecular weight excluding hydrogens is 200 g/mol. The number of nitriles is 1. The summed E-state index contributed by atoms with van der Waals surface area (Å²) in [5.74, 6) is -1.26. The number of carbonyl (C=O) groups is 1. The van der Waals surface area contributed by atoms with E-state index in [0.29, 0.717) is 12.1 Å². The molecular formula is C9H8N2O2S. The van der Waals surface area contributed by atoms with Crippen LogP contribution in [0.2, 0.25) is 0 Å². The Morgan fingerprint density at radius 1 is 1.79 bits per heavy atom. The van der Waals surface area contributed by atoms with Gasteiger partial charge in [-0.05, 0) is 12.8 Å². The highest BCUT2D eigenvalue weighted by molar-refractivity contribution is 7.11. The molecule has 1 N–H and O–H groups in total. The first kappa shape index (κ1) is 9.16. The molecule has 1 aromatic rings. The van der Waals surface area contributed by atoms with Crippen LogP contribution >= 0.6 is 11.3 Å². The van der Waals surface area contributed by atoms with Crippen LogP contribution < -0.4 is 0 Å². The number of hydrogen-bond donors (Lipinski definition) is 1. The van der Waals surface area contributed by atoms with Gasteiger partial charge in [-0.1, -0.05) is 0 Å². The third-order valence-electron chi connectivity index (χ3n) is 2.29. The fourth-order valence-corrected chi connectivity index (χ4v) is 2.74. The number of aryl methyl sites for hydroxylation is 1. The standard InChI is InChI=1S/C9H8N2O2S/c10-4-3-7-11-8-5(9(12)13)1-2-6(8)14-7/h5H,1-3H2,(H,12,13). The average molecular weight is 208 g/mol. The quantitative estimate of drug-likeness (QED) is 0.795. The molecule has 0 aromatic carbocycles. The third kappa shape index (κ3) is 1.38. The Morgan fingerprint density at radius 2 is 2.57 bits per heavy atom. The molecule has 0 spiro atoms. The van der Waals surface area contributed by atoms with Gasteiger partial charge in [-0.25, -0.2) is 4.98 Å². The van der Waals surface area contributed by atoms with E-state index in [-0.39, 0.29) is 6.42 Å². The smallest absolute Gasteiger partial charge is 0.312 e. The number of hydrogen-bond acceptors (Lipinski definition) is 4. The maximum Gasteiger partial charge on any atom is 0.312 e. The van der Waals surface area contributed by atoms with Gasteiger partial charge in [-0.2, -0.15) is 5.26 Å². The molecule has 4 nitrogen and oxygen atoms in total. The molecule has 1 aliphatic rings. The van der Waals surface area contributed by atoms with Crippen molar-refractivity contribution in [1.29, 1.82) is 5.26 Å². The van der Waals surface area contributed by atoms with Crippen molar-refractivity contribution in [2.45, 2.75) is 25.2 Å². The summed E-state index contributed by atoms with van der Waals surface area (Å²) in [5, 5.41) is 18.1. The van der Waals surface area contributed by atoms with Crippen LogP contribution in [0.15, 0.2) is 0 Å².